The second-order valence-electron chi connectivity index (χ2n) is 4.88. The van der Waals surface area contributed by atoms with Crippen molar-refractivity contribution in [2.45, 2.75) is 32.2 Å². The Morgan fingerprint density at radius 3 is 3.00 bits per heavy atom. The SMILES string of the molecule is CCNC(c1cncc(F)c1)c1cc2c(s1)CCC2. The number of fused-ring (bicyclic) bond motifs is 1. The molecule has 1 atom stereocenters. The van der Waals surface area contributed by atoms with Crippen molar-refractivity contribution in [2.75, 3.05) is 6.54 Å². The average Bonchev–Trinajstić information content (AvgIpc) is 2.96. The minimum Gasteiger partial charge on any atom is -0.306 e. The van der Waals surface area contributed by atoms with Crippen LogP contribution >= 0.6 is 11.3 Å². The van der Waals surface area contributed by atoms with Crippen LogP contribution in [0.4, 0.5) is 4.39 Å². The normalized spacial score (nSPS) is 15.5. The van der Waals surface area contributed by atoms with Crippen LogP contribution < -0.4 is 5.32 Å². The Labute approximate surface area is 116 Å². The predicted molar refractivity (Wildman–Crippen MR) is 76.1 cm³/mol. The van der Waals surface area contributed by atoms with Gasteiger partial charge in [0.05, 0.1) is 12.2 Å². The van der Waals surface area contributed by atoms with Gasteiger partial charge in [0.25, 0.3) is 0 Å². The number of aromatic nitrogens is 1. The van der Waals surface area contributed by atoms with E-state index in [1.807, 2.05) is 11.3 Å². The standard InChI is InChI=1S/C15H17FN2S/c1-2-18-15(11-6-12(16)9-17-8-11)14-7-10-4-3-5-13(10)19-14/h6-9,15,18H,2-5H2,1H3. The summed E-state index contributed by atoms with van der Waals surface area (Å²) in [5.41, 5.74) is 2.38. The maximum atomic E-state index is 13.4. The number of halogens is 1. The highest BCUT2D eigenvalue weighted by atomic mass is 32.1. The van der Waals surface area contributed by atoms with Crippen molar-refractivity contribution in [3.8, 4) is 0 Å². The van der Waals surface area contributed by atoms with Crippen molar-refractivity contribution in [2.24, 2.45) is 0 Å². The lowest BCUT2D eigenvalue weighted by atomic mass is 10.1. The summed E-state index contributed by atoms with van der Waals surface area (Å²) < 4.78 is 13.4. The first-order chi connectivity index (χ1) is 9.28. The molecule has 2 aromatic heterocycles. The number of thiophene rings is 1. The highest BCUT2D eigenvalue weighted by Crippen LogP contribution is 2.35. The van der Waals surface area contributed by atoms with Gasteiger partial charge in [-0.05, 0) is 49.1 Å². The first-order valence-corrected chi connectivity index (χ1v) is 7.55. The van der Waals surface area contributed by atoms with Crippen LogP contribution in [-0.4, -0.2) is 11.5 Å². The zero-order chi connectivity index (χ0) is 13.2. The van der Waals surface area contributed by atoms with E-state index in [2.05, 4.69) is 23.3 Å². The van der Waals surface area contributed by atoms with Crippen molar-refractivity contribution in [1.29, 1.82) is 0 Å². The van der Waals surface area contributed by atoms with E-state index >= 15 is 0 Å². The zero-order valence-electron chi connectivity index (χ0n) is 10.9. The summed E-state index contributed by atoms with van der Waals surface area (Å²) in [6.07, 6.45) is 6.66. The molecule has 2 heterocycles. The molecule has 0 aromatic carbocycles. The minimum atomic E-state index is -0.274. The van der Waals surface area contributed by atoms with Crippen molar-refractivity contribution >= 4 is 11.3 Å². The van der Waals surface area contributed by atoms with Gasteiger partial charge in [0.2, 0.25) is 0 Å². The van der Waals surface area contributed by atoms with Gasteiger partial charge in [-0.1, -0.05) is 6.92 Å². The first kappa shape index (κ1) is 12.8. The third kappa shape index (κ3) is 2.55. The number of aryl methyl sites for hydroxylation is 2. The lowest BCUT2D eigenvalue weighted by molar-refractivity contribution is 0.599. The number of hydrogen-bond acceptors (Lipinski definition) is 3. The Morgan fingerprint density at radius 1 is 1.37 bits per heavy atom. The maximum absolute atomic E-state index is 13.4. The molecule has 1 aliphatic carbocycles. The van der Waals surface area contributed by atoms with Gasteiger partial charge in [-0.15, -0.1) is 11.3 Å². The van der Waals surface area contributed by atoms with Gasteiger partial charge in [0, 0.05) is 16.0 Å². The van der Waals surface area contributed by atoms with E-state index in [9.17, 15) is 4.39 Å². The molecule has 0 bridgehead atoms. The summed E-state index contributed by atoms with van der Waals surface area (Å²) in [7, 11) is 0. The van der Waals surface area contributed by atoms with Crippen LogP contribution in [-0.2, 0) is 12.8 Å². The minimum absolute atomic E-state index is 0.0591. The smallest absolute Gasteiger partial charge is 0.141 e. The largest absolute Gasteiger partial charge is 0.306 e. The highest BCUT2D eigenvalue weighted by molar-refractivity contribution is 7.12. The van der Waals surface area contributed by atoms with Crippen molar-refractivity contribution in [3.05, 3.63) is 51.2 Å². The molecule has 1 N–H and O–H groups in total. The van der Waals surface area contributed by atoms with Gasteiger partial charge in [0.15, 0.2) is 0 Å². The third-order valence-corrected chi connectivity index (χ3v) is 4.82. The highest BCUT2D eigenvalue weighted by Gasteiger charge is 2.21. The zero-order valence-corrected chi connectivity index (χ0v) is 11.8. The fraction of sp³-hybridized carbons (Fsp3) is 0.400. The molecule has 3 rings (SSSR count). The predicted octanol–water partition coefficient (Wildman–Crippen LogP) is 3.47. The van der Waals surface area contributed by atoms with Gasteiger partial charge < -0.3 is 5.32 Å². The van der Waals surface area contributed by atoms with Crippen LogP contribution in [0.2, 0.25) is 0 Å². The quantitative estimate of drug-likeness (QED) is 0.925. The fourth-order valence-corrected chi connectivity index (χ4v) is 4.03. The summed E-state index contributed by atoms with van der Waals surface area (Å²) >= 11 is 1.86. The molecule has 1 unspecified atom stereocenters. The van der Waals surface area contributed by atoms with Gasteiger partial charge in [0.1, 0.15) is 5.82 Å². The molecule has 100 valence electrons. The lowest BCUT2D eigenvalue weighted by Crippen LogP contribution is -2.21. The van der Waals surface area contributed by atoms with Crippen LogP contribution in [0.5, 0.6) is 0 Å². The molecule has 1 aliphatic rings. The van der Waals surface area contributed by atoms with E-state index < -0.39 is 0 Å². The Bertz CT molecular complexity index is 558. The van der Waals surface area contributed by atoms with Crippen LogP contribution in [0.15, 0.2) is 24.5 Å². The molecule has 2 aromatic rings. The molecule has 19 heavy (non-hydrogen) atoms. The number of hydrogen-bond donors (Lipinski definition) is 1. The summed E-state index contributed by atoms with van der Waals surface area (Å²) in [4.78, 5) is 6.74. The van der Waals surface area contributed by atoms with Gasteiger partial charge >= 0.3 is 0 Å². The summed E-state index contributed by atoms with van der Waals surface area (Å²) in [5, 5.41) is 3.43. The van der Waals surface area contributed by atoms with E-state index in [4.69, 9.17) is 0 Å². The number of rotatable bonds is 4. The molecular formula is C15H17FN2S. The molecule has 4 heteroatoms. The van der Waals surface area contributed by atoms with Crippen LogP contribution in [0.3, 0.4) is 0 Å². The molecule has 2 nitrogen and oxygen atoms in total. The van der Waals surface area contributed by atoms with Gasteiger partial charge in [-0.2, -0.15) is 0 Å². The van der Waals surface area contributed by atoms with Crippen molar-refractivity contribution in [3.63, 3.8) is 0 Å². The monoisotopic (exact) mass is 276 g/mol. The van der Waals surface area contributed by atoms with E-state index in [0.717, 1.165) is 12.1 Å². The lowest BCUT2D eigenvalue weighted by Gasteiger charge is -2.16. The van der Waals surface area contributed by atoms with Gasteiger partial charge in [-0.25, -0.2) is 4.39 Å². The molecule has 0 spiro atoms. The summed E-state index contributed by atoms with van der Waals surface area (Å²) in [6.45, 7) is 2.92. The topological polar surface area (TPSA) is 24.9 Å². The molecule has 0 saturated carbocycles. The molecule has 0 radical (unpaired) electrons. The molecule has 0 amide bonds. The fourth-order valence-electron chi connectivity index (χ4n) is 2.67. The second-order valence-corrected chi connectivity index (χ2v) is 6.05. The average molecular weight is 276 g/mol. The van der Waals surface area contributed by atoms with Crippen LogP contribution in [0, 0.1) is 5.82 Å². The maximum Gasteiger partial charge on any atom is 0.141 e. The number of nitrogens with one attached hydrogen (secondary N) is 1. The Hall–Kier alpha value is -1.26. The van der Waals surface area contributed by atoms with Crippen LogP contribution in [0.25, 0.3) is 0 Å². The van der Waals surface area contributed by atoms with E-state index in [0.29, 0.717) is 0 Å². The Kier molecular flexibility index (Phi) is 3.62. The second kappa shape index (κ2) is 5.39. The van der Waals surface area contributed by atoms with Crippen LogP contribution in [0.1, 0.15) is 40.3 Å². The molecule has 0 aliphatic heterocycles. The summed E-state index contributed by atoms with van der Waals surface area (Å²) in [5.74, 6) is -0.274. The third-order valence-electron chi connectivity index (χ3n) is 3.52. The van der Waals surface area contributed by atoms with E-state index in [1.54, 1.807) is 12.3 Å². The van der Waals surface area contributed by atoms with Gasteiger partial charge in [-0.3, -0.25) is 4.98 Å². The van der Waals surface area contributed by atoms with Crippen molar-refractivity contribution in [1.82, 2.24) is 10.3 Å². The summed E-state index contributed by atoms with van der Waals surface area (Å²) in [6, 6.07) is 3.92. The number of pyridine rings is 1. The molecule has 0 fully saturated rings. The molecule has 0 saturated heterocycles. The Morgan fingerprint density at radius 2 is 2.26 bits per heavy atom. The molecular weight excluding hydrogens is 259 g/mol. The Balaban J connectivity index is 1.95. The van der Waals surface area contributed by atoms with E-state index in [1.165, 1.54) is 40.8 Å². The van der Waals surface area contributed by atoms with E-state index in [-0.39, 0.29) is 11.9 Å². The number of nitrogens with zero attached hydrogens (tertiary/aromatic N) is 1. The van der Waals surface area contributed by atoms with Crippen molar-refractivity contribution < 1.29 is 4.39 Å². The first-order valence-electron chi connectivity index (χ1n) is 6.73.